The fourth-order valence-electron chi connectivity index (χ4n) is 3.23. The second-order valence-corrected chi connectivity index (χ2v) is 7.33. The summed E-state index contributed by atoms with van der Waals surface area (Å²) < 4.78 is 21.7. The number of aliphatic hydroxyl groups is 1. The first-order valence-electron chi connectivity index (χ1n) is 9.38. The van der Waals surface area contributed by atoms with E-state index in [0.717, 1.165) is 5.56 Å². The van der Waals surface area contributed by atoms with Crippen molar-refractivity contribution >= 4 is 33.8 Å². The number of halogens is 1. The maximum atomic E-state index is 12.5. The van der Waals surface area contributed by atoms with Crippen LogP contribution in [0.25, 0.3) is 0 Å². The first kappa shape index (κ1) is 24.0. The molecule has 1 saturated heterocycles. The number of hydrogen-bond donors (Lipinski definition) is 1. The van der Waals surface area contributed by atoms with E-state index in [4.69, 9.17) is 18.9 Å². The zero-order valence-electron chi connectivity index (χ0n) is 16.8. The van der Waals surface area contributed by atoms with Gasteiger partial charge in [0.05, 0.1) is 5.56 Å². The average Bonchev–Trinajstić information content (AvgIpc) is 2.70. The molecule has 0 aliphatic carbocycles. The number of rotatable bonds is 8. The highest BCUT2D eigenvalue weighted by Gasteiger charge is 2.49. The molecule has 0 amide bonds. The number of carbonyl (C=O) groups excluding carboxylic acids is 3. The van der Waals surface area contributed by atoms with Crippen molar-refractivity contribution in [2.45, 2.75) is 56.1 Å². The zero-order chi connectivity index (χ0) is 22.3. The number of carbonyl (C=O) groups is 3. The van der Waals surface area contributed by atoms with Crippen molar-refractivity contribution in [1.29, 1.82) is 0 Å². The molecule has 164 valence electrons. The summed E-state index contributed by atoms with van der Waals surface area (Å²) in [6, 6.07) is 6.95. The Morgan fingerprint density at radius 1 is 1.13 bits per heavy atom. The van der Waals surface area contributed by atoms with Gasteiger partial charge >= 0.3 is 17.9 Å². The highest BCUT2D eigenvalue weighted by atomic mass is 79.9. The van der Waals surface area contributed by atoms with E-state index in [2.05, 4.69) is 22.5 Å². The highest BCUT2D eigenvalue weighted by Crippen LogP contribution is 2.29. The Kier molecular flexibility index (Phi) is 9.01. The Hall–Kier alpha value is -2.23. The van der Waals surface area contributed by atoms with E-state index in [1.807, 2.05) is 0 Å². The molecule has 1 fully saturated rings. The van der Waals surface area contributed by atoms with Gasteiger partial charge in [0.25, 0.3) is 0 Å². The van der Waals surface area contributed by atoms with Crippen LogP contribution in [0.4, 0.5) is 0 Å². The molecule has 1 N–H and O–H groups in total. The molecule has 30 heavy (non-hydrogen) atoms. The quantitative estimate of drug-likeness (QED) is 0.259. The smallest absolute Gasteiger partial charge is 0.338 e. The largest absolute Gasteiger partial charge is 0.459 e. The van der Waals surface area contributed by atoms with E-state index in [-0.39, 0.29) is 13.0 Å². The molecule has 0 unspecified atom stereocenters. The molecule has 1 aromatic carbocycles. The van der Waals surface area contributed by atoms with E-state index in [1.165, 1.54) is 13.8 Å². The lowest BCUT2D eigenvalue weighted by Gasteiger charge is -2.43. The minimum atomic E-state index is -1.38. The second-order valence-electron chi connectivity index (χ2n) is 6.77. The monoisotopic (exact) mass is 484 g/mol. The number of ether oxygens (including phenoxy) is 4. The molecule has 1 heterocycles. The standard InChI is InChI=1S/C21H25BrO8/c1-4-7-16-19(28-12(2)23)20(29-13(3)24)18(25)17(30-16)11-27-21(26)15-9-6-5-8-14(15)10-22/h4-6,8-9,16-20,25H,1,7,10-11H2,2-3H3/t16-,17-,18-,19+,20+/m1/s1. The van der Waals surface area contributed by atoms with Gasteiger partial charge in [0, 0.05) is 19.2 Å². The van der Waals surface area contributed by atoms with Crippen LogP contribution in [0.2, 0.25) is 0 Å². The summed E-state index contributed by atoms with van der Waals surface area (Å²) in [6.07, 6.45) is -3.50. The lowest BCUT2D eigenvalue weighted by Crippen LogP contribution is -2.61. The van der Waals surface area contributed by atoms with Crippen LogP contribution in [-0.2, 0) is 33.9 Å². The van der Waals surface area contributed by atoms with Gasteiger partial charge in [0.2, 0.25) is 0 Å². The Bertz CT molecular complexity index is 780. The molecule has 0 aromatic heterocycles. The van der Waals surface area contributed by atoms with Crippen molar-refractivity contribution in [2.75, 3.05) is 6.61 Å². The summed E-state index contributed by atoms with van der Waals surface area (Å²) in [6.45, 7) is 5.76. The van der Waals surface area contributed by atoms with Crippen LogP contribution in [-0.4, -0.2) is 60.1 Å². The van der Waals surface area contributed by atoms with Crippen LogP contribution in [0.1, 0.15) is 36.2 Å². The van der Waals surface area contributed by atoms with Gasteiger partial charge in [0.15, 0.2) is 12.2 Å². The van der Waals surface area contributed by atoms with Gasteiger partial charge < -0.3 is 24.1 Å². The summed E-state index contributed by atoms with van der Waals surface area (Å²) in [5.74, 6) is -1.84. The predicted molar refractivity (Wildman–Crippen MR) is 110 cm³/mol. The van der Waals surface area contributed by atoms with Gasteiger partial charge in [-0.2, -0.15) is 0 Å². The number of aliphatic hydroxyl groups excluding tert-OH is 1. The van der Waals surface area contributed by atoms with Crippen LogP contribution in [0.5, 0.6) is 0 Å². The summed E-state index contributed by atoms with van der Waals surface area (Å²) in [7, 11) is 0. The fourth-order valence-corrected chi connectivity index (χ4v) is 3.72. The molecular formula is C21H25BrO8. The molecule has 1 aliphatic rings. The Morgan fingerprint density at radius 2 is 1.77 bits per heavy atom. The third kappa shape index (κ3) is 6.13. The summed E-state index contributed by atoms with van der Waals surface area (Å²) in [5, 5.41) is 11.2. The van der Waals surface area contributed by atoms with Gasteiger partial charge in [-0.3, -0.25) is 9.59 Å². The average molecular weight is 485 g/mol. The molecule has 2 rings (SSSR count). The molecule has 0 spiro atoms. The van der Waals surface area contributed by atoms with Gasteiger partial charge in [-0.05, 0) is 18.1 Å². The van der Waals surface area contributed by atoms with E-state index in [9.17, 15) is 19.5 Å². The number of benzene rings is 1. The number of esters is 3. The topological polar surface area (TPSA) is 108 Å². The van der Waals surface area contributed by atoms with E-state index in [1.54, 1.807) is 30.3 Å². The van der Waals surface area contributed by atoms with Gasteiger partial charge in [-0.1, -0.05) is 40.2 Å². The SMILES string of the molecule is C=CC[C@H]1O[C@H](COC(=O)c2ccccc2CBr)[C@@H](O)[C@H](OC(C)=O)[C@H]1OC(C)=O. The minimum absolute atomic E-state index is 0.263. The molecule has 0 radical (unpaired) electrons. The van der Waals surface area contributed by atoms with Crippen molar-refractivity contribution in [1.82, 2.24) is 0 Å². The molecule has 5 atom stereocenters. The Labute approximate surface area is 183 Å². The lowest BCUT2D eigenvalue weighted by atomic mass is 9.93. The molecule has 9 heteroatoms. The van der Waals surface area contributed by atoms with Crippen LogP contribution < -0.4 is 0 Å². The van der Waals surface area contributed by atoms with E-state index < -0.39 is 48.4 Å². The minimum Gasteiger partial charge on any atom is -0.459 e. The highest BCUT2D eigenvalue weighted by molar-refractivity contribution is 9.08. The maximum absolute atomic E-state index is 12.5. The van der Waals surface area contributed by atoms with Crippen LogP contribution in [0, 0.1) is 0 Å². The van der Waals surface area contributed by atoms with Crippen LogP contribution in [0.3, 0.4) is 0 Å². The maximum Gasteiger partial charge on any atom is 0.338 e. The van der Waals surface area contributed by atoms with Crippen molar-refractivity contribution in [3.05, 3.63) is 48.0 Å². The molecule has 1 aromatic rings. The molecular weight excluding hydrogens is 460 g/mol. The third-order valence-electron chi connectivity index (χ3n) is 4.52. The zero-order valence-corrected chi connectivity index (χ0v) is 18.4. The Balaban J connectivity index is 2.18. The first-order chi connectivity index (χ1) is 14.3. The third-order valence-corrected chi connectivity index (χ3v) is 5.12. The fraction of sp³-hybridized carbons (Fsp3) is 0.476. The van der Waals surface area contributed by atoms with E-state index >= 15 is 0 Å². The molecule has 8 nitrogen and oxygen atoms in total. The van der Waals surface area contributed by atoms with Gasteiger partial charge in [-0.15, -0.1) is 6.58 Å². The van der Waals surface area contributed by atoms with Crippen molar-refractivity contribution < 1.29 is 38.4 Å². The van der Waals surface area contributed by atoms with Gasteiger partial charge in [0.1, 0.15) is 24.9 Å². The summed E-state index contributed by atoms with van der Waals surface area (Å²) >= 11 is 3.32. The number of alkyl halides is 1. The summed E-state index contributed by atoms with van der Waals surface area (Å²) in [5.41, 5.74) is 1.14. The Morgan fingerprint density at radius 3 is 2.37 bits per heavy atom. The normalized spacial score (nSPS) is 25.8. The van der Waals surface area contributed by atoms with Gasteiger partial charge in [-0.25, -0.2) is 4.79 Å². The van der Waals surface area contributed by atoms with Crippen LogP contribution >= 0.6 is 15.9 Å². The molecule has 0 bridgehead atoms. The molecule has 0 saturated carbocycles. The molecule has 1 aliphatic heterocycles. The van der Waals surface area contributed by atoms with Crippen molar-refractivity contribution in [2.24, 2.45) is 0 Å². The lowest BCUT2D eigenvalue weighted by molar-refractivity contribution is -0.244. The van der Waals surface area contributed by atoms with Crippen molar-refractivity contribution in [3.63, 3.8) is 0 Å². The second kappa shape index (κ2) is 11.2. The van der Waals surface area contributed by atoms with Crippen molar-refractivity contribution in [3.8, 4) is 0 Å². The van der Waals surface area contributed by atoms with Crippen LogP contribution in [0.15, 0.2) is 36.9 Å². The number of hydrogen-bond acceptors (Lipinski definition) is 8. The predicted octanol–water partition coefficient (Wildman–Crippen LogP) is 2.31. The van der Waals surface area contributed by atoms with E-state index in [0.29, 0.717) is 10.9 Å². The summed E-state index contributed by atoms with van der Waals surface area (Å²) in [4.78, 5) is 35.6. The first-order valence-corrected chi connectivity index (χ1v) is 10.5.